The number of nitrogens with zero attached hydrogens (tertiary/aromatic N) is 3. The number of benzene rings is 2. The largest absolute Gasteiger partial charge is 0.495 e. The normalized spacial score (nSPS) is 18.4. The number of aliphatic hydroxyl groups is 2. The van der Waals surface area contributed by atoms with Gasteiger partial charge in [-0.2, -0.15) is 4.98 Å². The van der Waals surface area contributed by atoms with Gasteiger partial charge >= 0.3 is 0 Å². The molecular weight excluding hydrogens is 625 g/mol. The van der Waals surface area contributed by atoms with Crippen molar-refractivity contribution in [1.82, 2.24) is 19.9 Å². The molecule has 0 spiro atoms. The van der Waals surface area contributed by atoms with Gasteiger partial charge in [-0.05, 0) is 17.7 Å². The summed E-state index contributed by atoms with van der Waals surface area (Å²) in [5.41, 5.74) is 0.676. The number of pyridine rings is 1. The number of hydrogen-bond acceptors (Lipinski definition) is 10. The first-order chi connectivity index (χ1) is 21.7. The highest BCUT2D eigenvalue weighted by Gasteiger charge is 2.39. The maximum absolute atomic E-state index is 14.1. The van der Waals surface area contributed by atoms with Crippen LogP contribution in [0, 0.1) is 0 Å². The minimum absolute atomic E-state index is 0.0738. The fourth-order valence-electron chi connectivity index (χ4n) is 5.24. The molecule has 0 bridgehead atoms. The third-order valence-electron chi connectivity index (χ3n) is 7.43. The number of anilines is 1. The highest BCUT2D eigenvalue weighted by Crippen LogP contribution is 2.45. The van der Waals surface area contributed by atoms with Crippen LogP contribution in [0.2, 0.25) is 10.0 Å². The van der Waals surface area contributed by atoms with Crippen molar-refractivity contribution in [2.24, 2.45) is 0 Å². The average Bonchev–Trinajstić information content (AvgIpc) is 3.44. The zero-order chi connectivity index (χ0) is 32.2. The summed E-state index contributed by atoms with van der Waals surface area (Å²) in [5.74, 6) is 0.231. The van der Waals surface area contributed by atoms with Crippen LogP contribution in [0.3, 0.4) is 0 Å². The van der Waals surface area contributed by atoms with Gasteiger partial charge in [0, 0.05) is 23.2 Å². The predicted octanol–water partition coefficient (Wildman–Crippen LogP) is 3.36. The van der Waals surface area contributed by atoms with Crippen molar-refractivity contribution < 1.29 is 29.2 Å². The number of nitrogens with one attached hydrogen (secondary N) is 2. The Morgan fingerprint density at radius 2 is 1.89 bits per heavy atom. The summed E-state index contributed by atoms with van der Waals surface area (Å²) < 4.78 is 18.0. The van der Waals surface area contributed by atoms with Gasteiger partial charge in [-0.15, -0.1) is 0 Å². The number of ether oxygens (including phenoxy) is 3. The fourth-order valence-corrected chi connectivity index (χ4v) is 5.94. The smallest absolute Gasteiger partial charge is 0.260 e. The van der Waals surface area contributed by atoms with Gasteiger partial charge in [-0.25, -0.2) is 4.98 Å². The minimum Gasteiger partial charge on any atom is -0.495 e. The van der Waals surface area contributed by atoms with Gasteiger partial charge < -0.3 is 35.1 Å². The molecule has 1 saturated heterocycles. The lowest BCUT2D eigenvalue weighted by atomic mass is 9.99. The molecule has 2 unspecified atom stereocenters. The second-order valence-electron chi connectivity index (χ2n) is 10.2. The molecule has 5 rings (SSSR count). The van der Waals surface area contributed by atoms with Crippen LogP contribution in [0.1, 0.15) is 11.7 Å². The molecule has 0 saturated carbocycles. The predicted molar refractivity (Wildman–Crippen MR) is 170 cm³/mol. The van der Waals surface area contributed by atoms with Gasteiger partial charge in [-0.3, -0.25) is 14.2 Å². The summed E-state index contributed by atoms with van der Waals surface area (Å²) in [5, 5.41) is 26.8. The standard InChI is InChI=1S/C31H31Cl2N5O7/c1-4-23(41)35-20-15-45-28(16-8-6-5-7-9-16)27(20)36-31-34-12-17-10-19(30(42)38(29(17)37-31)13-18(40)14-39)24-25(32)21(43-2)11-22(44-3)26(24)33/h4-12,18,20,27-28,39-40H,1,13-15H2,2-3H3,(H,35,41)(H,34,36,37)/t18?,20-,27-,28?/m0/s1. The zero-order valence-corrected chi connectivity index (χ0v) is 25.9. The van der Waals surface area contributed by atoms with E-state index in [1.165, 1.54) is 43.2 Å². The lowest BCUT2D eigenvalue weighted by Crippen LogP contribution is -2.46. The van der Waals surface area contributed by atoms with Crippen molar-refractivity contribution in [3.05, 3.63) is 87.3 Å². The van der Waals surface area contributed by atoms with E-state index in [1.807, 2.05) is 30.3 Å². The Labute approximate surface area is 268 Å². The molecule has 4 atom stereocenters. The van der Waals surface area contributed by atoms with E-state index < -0.39 is 36.5 Å². The van der Waals surface area contributed by atoms with E-state index in [2.05, 4.69) is 27.2 Å². The SMILES string of the molecule is C=CC(=O)N[C@H]1COC(c2ccccc2)[C@H]1Nc1ncc2cc(-c3c(Cl)c(OC)cc(OC)c3Cl)c(=O)n(CC(O)CO)c2n1. The van der Waals surface area contributed by atoms with E-state index in [0.29, 0.717) is 5.39 Å². The molecular formula is C31H31Cl2N5O7. The maximum Gasteiger partial charge on any atom is 0.260 e. The van der Waals surface area contributed by atoms with E-state index >= 15 is 0 Å². The molecule has 0 radical (unpaired) electrons. The number of carbonyl (C=O) groups excluding carboxylic acids is 1. The van der Waals surface area contributed by atoms with E-state index in [1.54, 1.807) is 0 Å². The molecule has 14 heteroatoms. The first-order valence-corrected chi connectivity index (χ1v) is 14.6. The van der Waals surface area contributed by atoms with Gasteiger partial charge in [0.2, 0.25) is 11.9 Å². The van der Waals surface area contributed by atoms with Crippen molar-refractivity contribution in [2.75, 3.05) is 32.8 Å². The third-order valence-corrected chi connectivity index (χ3v) is 8.18. The summed E-state index contributed by atoms with van der Waals surface area (Å²) in [6, 6.07) is 11.6. The molecule has 0 aliphatic carbocycles. The summed E-state index contributed by atoms with van der Waals surface area (Å²) in [6.07, 6.45) is 0.925. The molecule has 1 amide bonds. The Bertz CT molecular complexity index is 1760. The molecule has 4 aromatic rings. The second-order valence-corrected chi connectivity index (χ2v) is 11.0. The number of rotatable bonds is 11. The van der Waals surface area contributed by atoms with Crippen LogP contribution in [0.15, 0.2) is 66.1 Å². The minimum atomic E-state index is -1.29. The molecule has 4 N–H and O–H groups in total. The Hall–Kier alpha value is -4.20. The summed E-state index contributed by atoms with van der Waals surface area (Å²) in [4.78, 5) is 35.4. The zero-order valence-electron chi connectivity index (χ0n) is 24.4. The van der Waals surface area contributed by atoms with Crippen molar-refractivity contribution in [3.63, 3.8) is 0 Å². The van der Waals surface area contributed by atoms with Gasteiger partial charge in [0.1, 0.15) is 23.3 Å². The number of carbonyl (C=O) groups is 1. The fraction of sp³-hybridized carbons (Fsp3) is 0.290. The highest BCUT2D eigenvalue weighted by atomic mass is 35.5. The van der Waals surface area contributed by atoms with Crippen molar-refractivity contribution in [2.45, 2.75) is 30.8 Å². The molecule has 1 fully saturated rings. The molecule has 1 aliphatic rings. The third kappa shape index (κ3) is 6.46. The number of methoxy groups -OCH3 is 2. The Morgan fingerprint density at radius 3 is 2.51 bits per heavy atom. The van der Waals surface area contributed by atoms with E-state index in [-0.39, 0.29) is 63.3 Å². The van der Waals surface area contributed by atoms with Gasteiger partial charge in [0.15, 0.2) is 0 Å². The average molecular weight is 657 g/mol. The monoisotopic (exact) mass is 655 g/mol. The lowest BCUT2D eigenvalue weighted by Gasteiger charge is -2.25. The Morgan fingerprint density at radius 1 is 1.20 bits per heavy atom. The number of aromatic nitrogens is 3. The summed E-state index contributed by atoms with van der Waals surface area (Å²) in [7, 11) is 2.84. The van der Waals surface area contributed by atoms with E-state index in [4.69, 9.17) is 37.4 Å². The molecule has 2 aromatic carbocycles. The van der Waals surface area contributed by atoms with Gasteiger partial charge in [-0.1, -0.05) is 60.1 Å². The summed E-state index contributed by atoms with van der Waals surface area (Å²) >= 11 is 13.3. The highest BCUT2D eigenvalue weighted by molar-refractivity contribution is 6.41. The lowest BCUT2D eigenvalue weighted by molar-refractivity contribution is -0.117. The van der Waals surface area contributed by atoms with E-state index in [9.17, 15) is 19.8 Å². The van der Waals surface area contributed by atoms with Crippen LogP contribution in [0.5, 0.6) is 11.5 Å². The number of halogens is 2. The molecule has 12 nitrogen and oxygen atoms in total. The van der Waals surface area contributed by atoms with Crippen LogP contribution in [0.25, 0.3) is 22.2 Å². The van der Waals surface area contributed by atoms with Gasteiger partial charge in [0.05, 0.1) is 67.8 Å². The van der Waals surface area contributed by atoms with Crippen molar-refractivity contribution in [1.29, 1.82) is 0 Å². The number of fused-ring (bicyclic) bond motifs is 1. The number of hydrogen-bond donors (Lipinski definition) is 4. The van der Waals surface area contributed by atoms with Crippen LogP contribution in [0.4, 0.5) is 5.95 Å². The first-order valence-electron chi connectivity index (χ1n) is 13.9. The Kier molecular flexibility index (Phi) is 9.90. The van der Waals surface area contributed by atoms with Crippen molar-refractivity contribution >= 4 is 46.1 Å². The van der Waals surface area contributed by atoms with Gasteiger partial charge in [0.25, 0.3) is 5.56 Å². The van der Waals surface area contributed by atoms with Crippen LogP contribution in [-0.4, -0.2) is 76.3 Å². The molecule has 2 aromatic heterocycles. The van der Waals surface area contributed by atoms with Crippen LogP contribution >= 0.6 is 23.2 Å². The van der Waals surface area contributed by atoms with Crippen molar-refractivity contribution in [3.8, 4) is 22.6 Å². The molecule has 45 heavy (non-hydrogen) atoms. The number of amides is 1. The number of aliphatic hydroxyl groups excluding tert-OH is 2. The van der Waals surface area contributed by atoms with E-state index in [0.717, 1.165) is 5.56 Å². The maximum atomic E-state index is 14.1. The quantitative estimate of drug-likeness (QED) is 0.177. The summed E-state index contributed by atoms with van der Waals surface area (Å²) in [6.45, 7) is 2.84. The second kappa shape index (κ2) is 13.8. The van der Waals surface area contributed by atoms with Crippen LogP contribution in [-0.2, 0) is 16.1 Å². The molecule has 3 heterocycles. The first kappa shape index (κ1) is 32.2. The Balaban J connectivity index is 1.64. The van der Waals surface area contributed by atoms with Crippen LogP contribution < -0.4 is 25.7 Å². The topological polar surface area (TPSA) is 157 Å². The molecule has 1 aliphatic heterocycles. The molecule has 236 valence electrons.